The Morgan fingerprint density at radius 3 is 2.65 bits per heavy atom. The molecule has 0 amide bonds. The molecule has 114 valence electrons. The van der Waals surface area contributed by atoms with Gasteiger partial charge in [-0.15, -0.1) is 0 Å². The zero-order valence-electron chi connectivity index (χ0n) is 12.8. The first-order valence-corrected chi connectivity index (χ1v) is 7.91. The topological polar surface area (TPSA) is 41.1 Å². The van der Waals surface area contributed by atoms with Crippen LogP contribution >= 0.6 is 0 Å². The highest BCUT2D eigenvalue weighted by molar-refractivity contribution is 5.66. The SMILES string of the molecule is c1ccc(Nc2nccc(N3CCCc4ccccc43)n2)cc1. The van der Waals surface area contributed by atoms with Gasteiger partial charge >= 0.3 is 0 Å². The van der Waals surface area contributed by atoms with Crippen molar-refractivity contribution in [2.24, 2.45) is 0 Å². The molecule has 0 saturated carbocycles. The van der Waals surface area contributed by atoms with Gasteiger partial charge in [-0.25, -0.2) is 4.98 Å². The van der Waals surface area contributed by atoms with Crippen molar-refractivity contribution >= 4 is 23.1 Å². The highest BCUT2D eigenvalue weighted by Gasteiger charge is 2.18. The number of anilines is 4. The van der Waals surface area contributed by atoms with Crippen molar-refractivity contribution in [1.82, 2.24) is 9.97 Å². The standard InChI is InChI=1S/C19H18N4/c1-2-9-16(10-3-1)21-19-20-13-12-18(22-19)23-14-6-8-15-7-4-5-11-17(15)23/h1-5,7,9-13H,6,8,14H2,(H,20,21,22). The van der Waals surface area contributed by atoms with E-state index in [1.165, 1.54) is 11.3 Å². The summed E-state index contributed by atoms with van der Waals surface area (Å²) in [7, 11) is 0. The summed E-state index contributed by atoms with van der Waals surface area (Å²) in [4.78, 5) is 11.3. The van der Waals surface area contributed by atoms with E-state index in [1.54, 1.807) is 0 Å². The summed E-state index contributed by atoms with van der Waals surface area (Å²) in [5.74, 6) is 1.56. The number of hydrogen-bond acceptors (Lipinski definition) is 4. The van der Waals surface area contributed by atoms with Gasteiger partial charge in [0.1, 0.15) is 5.82 Å². The first-order valence-electron chi connectivity index (χ1n) is 7.91. The van der Waals surface area contributed by atoms with Gasteiger partial charge in [0, 0.05) is 24.1 Å². The Morgan fingerprint density at radius 2 is 1.74 bits per heavy atom. The molecular weight excluding hydrogens is 284 g/mol. The van der Waals surface area contributed by atoms with Crippen molar-refractivity contribution < 1.29 is 0 Å². The lowest BCUT2D eigenvalue weighted by Gasteiger charge is -2.30. The molecule has 0 fully saturated rings. The lowest BCUT2D eigenvalue weighted by Crippen LogP contribution is -2.25. The zero-order valence-corrected chi connectivity index (χ0v) is 12.8. The van der Waals surface area contributed by atoms with Crippen LogP contribution in [-0.4, -0.2) is 16.5 Å². The molecule has 1 aliphatic rings. The maximum absolute atomic E-state index is 4.69. The molecule has 0 atom stereocenters. The molecule has 23 heavy (non-hydrogen) atoms. The van der Waals surface area contributed by atoms with E-state index in [2.05, 4.69) is 39.5 Å². The molecule has 1 aliphatic heterocycles. The quantitative estimate of drug-likeness (QED) is 0.783. The predicted octanol–water partition coefficient (Wildman–Crippen LogP) is 4.30. The normalized spacial score (nSPS) is 13.5. The fourth-order valence-corrected chi connectivity index (χ4v) is 2.98. The predicted molar refractivity (Wildman–Crippen MR) is 93.5 cm³/mol. The Kier molecular flexibility index (Phi) is 3.64. The van der Waals surface area contributed by atoms with Crippen LogP contribution in [0.3, 0.4) is 0 Å². The van der Waals surface area contributed by atoms with Crippen LogP contribution in [0.25, 0.3) is 0 Å². The van der Waals surface area contributed by atoms with Gasteiger partial charge in [0.2, 0.25) is 5.95 Å². The lowest BCUT2D eigenvalue weighted by atomic mass is 10.0. The van der Waals surface area contributed by atoms with Crippen LogP contribution in [0.1, 0.15) is 12.0 Å². The van der Waals surface area contributed by atoms with Crippen molar-refractivity contribution in [1.29, 1.82) is 0 Å². The molecule has 3 aromatic rings. The van der Waals surface area contributed by atoms with E-state index in [-0.39, 0.29) is 0 Å². The Labute approximate surface area is 135 Å². The summed E-state index contributed by atoms with van der Waals surface area (Å²) in [6.07, 6.45) is 4.08. The number of nitrogens with zero attached hydrogens (tertiary/aromatic N) is 3. The van der Waals surface area contributed by atoms with Gasteiger partial charge in [-0.3, -0.25) is 0 Å². The molecule has 0 spiro atoms. The molecule has 0 unspecified atom stereocenters. The summed E-state index contributed by atoms with van der Waals surface area (Å²) in [5.41, 5.74) is 3.63. The molecule has 0 saturated heterocycles. The highest BCUT2D eigenvalue weighted by atomic mass is 15.2. The minimum Gasteiger partial charge on any atom is -0.326 e. The zero-order chi connectivity index (χ0) is 15.5. The Bertz CT molecular complexity index is 801. The van der Waals surface area contributed by atoms with Gasteiger partial charge in [0.05, 0.1) is 0 Å². The van der Waals surface area contributed by atoms with Crippen molar-refractivity contribution in [3.05, 3.63) is 72.4 Å². The number of fused-ring (bicyclic) bond motifs is 1. The first kappa shape index (κ1) is 13.8. The summed E-state index contributed by atoms with van der Waals surface area (Å²) in [5, 5.41) is 3.26. The van der Waals surface area contributed by atoms with Gasteiger partial charge in [-0.1, -0.05) is 36.4 Å². The number of aromatic nitrogens is 2. The molecule has 4 heteroatoms. The van der Waals surface area contributed by atoms with E-state index in [0.717, 1.165) is 30.9 Å². The van der Waals surface area contributed by atoms with Crippen LogP contribution < -0.4 is 10.2 Å². The Morgan fingerprint density at radius 1 is 0.913 bits per heavy atom. The molecule has 0 aliphatic carbocycles. The first-order chi connectivity index (χ1) is 11.4. The van der Waals surface area contributed by atoms with Crippen LogP contribution in [0, 0.1) is 0 Å². The smallest absolute Gasteiger partial charge is 0.229 e. The van der Waals surface area contributed by atoms with E-state index in [4.69, 9.17) is 4.98 Å². The minimum atomic E-state index is 0.622. The van der Waals surface area contributed by atoms with E-state index in [1.807, 2.05) is 42.6 Å². The third-order valence-corrected chi connectivity index (χ3v) is 4.06. The number of rotatable bonds is 3. The van der Waals surface area contributed by atoms with Gasteiger partial charge in [-0.2, -0.15) is 4.98 Å². The van der Waals surface area contributed by atoms with Gasteiger partial charge in [0.25, 0.3) is 0 Å². The summed E-state index contributed by atoms with van der Waals surface area (Å²) >= 11 is 0. The van der Waals surface area contributed by atoms with Crippen LogP contribution in [0.15, 0.2) is 66.9 Å². The molecule has 0 radical (unpaired) electrons. The molecule has 4 rings (SSSR count). The molecular formula is C19H18N4. The number of aryl methyl sites for hydroxylation is 1. The second-order valence-corrected chi connectivity index (χ2v) is 5.61. The molecule has 1 N–H and O–H groups in total. The number of hydrogen-bond donors (Lipinski definition) is 1. The average Bonchev–Trinajstić information content (AvgIpc) is 2.62. The van der Waals surface area contributed by atoms with Crippen molar-refractivity contribution in [2.75, 3.05) is 16.8 Å². The summed E-state index contributed by atoms with van der Waals surface area (Å²) in [6.45, 7) is 0.985. The largest absolute Gasteiger partial charge is 0.326 e. The third kappa shape index (κ3) is 2.88. The van der Waals surface area contributed by atoms with Crippen molar-refractivity contribution in [2.45, 2.75) is 12.8 Å². The maximum atomic E-state index is 4.69. The summed E-state index contributed by atoms with van der Waals surface area (Å²) < 4.78 is 0. The second-order valence-electron chi connectivity index (χ2n) is 5.61. The lowest BCUT2D eigenvalue weighted by molar-refractivity contribution is 0.759. The third-order valence-electron chi connectivity index (χ3n) is 4.06. The van der Waals surface area contributed by atoms with E-state index in [9.17, 15) is 0 Å². The van der Waals surface area contributed by atoms with Crippen molar-refractivity contribution in [3.63, 3.8) is 0 Å². The highest BCUT2D eigenvalue weighted by Crippen LogP contribution is 2.32. The Balaban J connectivity index is 1.65. The van der Waals surface area contributed by atoms with Crippen LogP contribution in [0.5, 0.6) is 0 Å². The fraction of sp³-hybridized carbons (Fsp3) is 0.158. The molecule has 0 bridgehead atoms. The average molecular weight is 302 g/mol. The molecule has 1 aromatic heterocycles. The van der Waals surface area contributed by atoms with Crippen molar-refractivity contribution in [3.8, 4) is 0 Å². The van der Waals surface area contributed by atoms with E-state index >= 15 is 0 Å². The summed E-state index contributed by atoms with van der Waals surface area (Å²) in [6, 6.07) is 20.5. The van der Waals surface area contributed by atoms with E-state index < -0.39 is 0 Å². The van der Waals surface area contributed by atoms with Gasteiger partial charge in [-0.05, 0) is 42.7 Å². The number of para-hydroxylation sites is 2. The molecule has 2 heterocycles. The number of benzene rings is 2. The number of nitrogens with one attached hydrogen (secondary N) is 1. The van der Waals surface area contributed by atoms with Crippen LogP contribution in [-0.2, 0) is 6.42 Å². The fourth-order valence-electron chi connectivity index (χ4n) is 2.98. The van der Waals surface area contributed by atoms with Crippen LogP contribution in [0.4, 0.5) is 23.1 Å². The van der Waals surface area contributed by atoms with Gasteiger partial charge < -0.3 is 10.2 Å². The maximum Gasteiger partial charge on any atom is 0.229 e. The van der Waals surface area contributed by atoms with Crippen LogP contribution in [0.2, 0.25) is 0 Å². The van der Waals surface area contributed by atoms with Gasteiger partial charge in [0.15, 0.2) is 0 Å². The molecule has 4 nitrogen and oxygen atoms in total. The monoisotopic (exact) mass is 302 g/mol. The second kappa shape index (κ2) is 6.08. The minimum absolute atomic E-state index is 0.622. The van der Waals surface area contributed by atoms with E-state index in [0.29, 0.717) is 5.95 Å². The Hall–Kier alpha value is -2.88. The molecule has 2 aromatic carbocycles.